The molecule has 0 aliphatic heterocycles. The molecule has 6 heteroatoms. The first-order chi connectivity index (χ1) is 9.06. The molecule has 2 rings (SSSR count). The van der Waals surface area contributed by atoms with Crippen molar-refractivity contribution in [2.45, 2.75) is 31.7 Å². The summed E-state index contributed by atoms with van der Waals surface area (Å²) >= 11 is 0. The van der Waals surface area contributed by atoms with Gasteiger partial charge in [0.1, 0.15) is 5.69 Å². The van der Waals surface area contributed by atoms with Gasteiger partial charge in [-0.05, 0) is 31.4 Å². The van der Waals surface area contributed by atoms with Crippen molar-refractivity contribution in [2.75, 3.05) is 5.32 Å². The molecule has 1 amide bonds. The van der Waals surface area contributed by atoms with Crippen LogP contribution in [0.15, 0.2) is 18.3 Å². The van der Waals surface area contributed by atoms with Gasteiger partial charge < -0.3 is 16.2 Å². The van der Waals surface area contributed by atoms with E-state index in [9.17, 15) is 9.59 Å². The summed E-state index contributed by atoms with van der Waals surface area (Å²) in [4.78, 5) is 25.9. The average Bonchev–Trinajstić information content (AvgIpc) is 2.39. The largest absolute Gasteiger partial charge is 0.481 e. The number of carbonyl (C=O) groups excluding carboxylic acids is 1. The van der Waals surface area contributed by atoms with E-state index in [1.165, 1.54) is 6.20 Å². The third-order valence-corrected chi connectivity index (χ3v) is 3.41. The van der Waals surface area contributed by atoms with Gasteiger partial charge >= 0.3 is 5.97 Å². The Bertz CT molecular complexity index is 490. The van der Waals surface area contributed by atoms with Gasteiger partial charge in [-0.2, -0.15) is 0 Å². The Morgan fingerprint density at radius 3 is 2.89 bits per heavy atom. The van der Waals surface area contributed by atoms with E-state index >= 15 is 0 Å². The molecule has 2 unspecified atom stereocenters. The molecule has 1 aromatic heterocycles. The number of anilines is 1. The van der Waals surface area contributed by atoms with Gasteiger partial charge in [0.25, 0.3) is 5.91 Å². The third-order valence-electron chi connectivity index (χ3n) is 3.41. The minimum atomic E-state index is -0.737. The number of carboxylic acid groups (broad SMARTS) is 1. The highest BCUT2D eigenvalue weighted by molar-refractivity contribution is 5.91. The summed E-state index contributed by atoms with van der Waals surface area (Å²) in [5.41, 5.74) is 6.12. The summed E-state index contributed by atoms with van der Waals surface area (Å²) < 4.78 is 0. The molecule has 2 atom stereocenters. The number of nitrogens with two attached hydrogens (primary N) is 1. The van der Waals surface area contributed by atoms with Crippen molar-refractivity contribution in [1.82, 2.24) is 4.98 Å². The van der Waals surface area contributed by atoms with Crippen LogP contribution in [0.2, 0.25) is 0 Å². The zero-order valence-corrected chi connectivity index (χ0v) is 10.5. The van der Waals surface area contributed by atoms with Gasteiger partial charge in [-0.15, -0.1) is 0 Å². The van der Waals surface area contributed by atoms with Crippen molar-refractivity contribution in [3.8, 4) is 0 Å². The van der Waals surface area contributed by atoms with E-state index in [1.54, 1.807) is 12.1 Å². The molecule has 4 N–H and O–H groups in total. The van der Waals surface area contributed by atoms with Crippen molar-refractivity contribution in [3.05, 3.63) is 24.0 Å². The molecular formula is C13H17N3O3. The first-order valence-corrected chi connectivity index (χ1v) is 6.31. The van der Waals surface area contributed by atoms with Crippen LogP contribution in [0, 0.1) is 5.92 Å². The zero-order valence-electron chi connectivity index (χ0n) is 10.5. The van der Waals surface area contributed by atoms with E-state index in [0.29, 0.717) is 6.42 Å². The minimum Gasteiger partial charge on any atom is -0.481 e. The van der Waals surface area contributed by atoms with Crippen LogP contribution < -0.4 is 11.1 Å². The monoisotopic (exact) mass is 263 g/mol. The summed E-state index contributed by atoms with van der Waals surface area (Å²) in [6.07, 6.45) is 4.67. The Morgan fingerprint density at radius 2 is 2.21 bits per heavy atom. The number of aliphatic carboxylic acids is 1. The fourth-order valence-corrected chi connectivity index (χ4v) is 2.44. The van der Waals surface area contributed by atoms with Gasteiger partial charge in [0.15, 0.2) is 0 Å². The molecule has 1 heterocycles. The number of nitrogens with zero attached hydrogens (tertiary/aromatic N) is 1. The molecule has 1 aromatic rings. The van der Waals surface area contributed by atoms with Crippen molar-refractivity contribution < 1.29 is 14.7 Å². The van der Waals surface area contributed by atoms with Crippen molar-refractivity contribution in [3.63, 3.8) is 0 Å². The van der Waals surface area contributed by atoms with Crippen LogP contribution in [-0.4, -0.2) is 28.0 Å². The van der Waals surface area contributed by atoms with Crippen LogP contribution in [0.1, 0.15) is 36.2 Å². The number of primary amides is 1. The Kier molecular flexibility index (Phi) is 3.99. The molecule has 0 bridgehead atoms. The standard InChI is InChI=1S/C13H17N3O3/c14-12(17)11-7-10(4-5-15-11)16-9-3-1-2-8(6-9)13(18)19/h4-5,7-9H,1-3,6H2,(H2,14,17)(H,15,16)(H,18,19). The number of nitrogens with one attached hydrogen (secondary N) is 1. The molecule has 102 valence electrons. The molecule has 0 saturated heterocycles. The molecule has 6 nitrogen and oxygen atoms in total. The van der Waals surface area contributed by atoms with Gasteiger partial charge in [0.05, 0.1) is 5.92 Å². The number of aromatic nitrogens is 1. The Hall–Kier alpha value is -2.11. The minimum absolute atomic E-state index is 0.109. The van der Waals surface area contributed by atoms with E-state index in [-0.39, 0.29) is 17.7 Å². The van der Waals surface area contributed by atoms with Gasteiger partial charge in [0.2, 0.25) is 0 Å². The predicted molar refractivity (Wildman–Crippen MR) is 69.8 cm³/mol. The number of pyridine rings is 1. The van der Waals surface area contributed by atoms with E-state index in [1.807, 2.05) is 0 Å². The Labute approximate surface area is 111 Å². The quantitative estimate of drug-likeness (QED) is 0.757. The highest BCUT2D eigenvalue weighted by Gasteiger charge is 2.26. The fraction of sp³-hybridized carbons (Fsp3) is 0.462. The van der Waals surface area contributed by atoms with Gasteiger partial charge in [-0.25, -0.2) is 0 Å². The topological polar surface area (TPSA) is 105 Å². The Morgan fingerprint density at radius 1 is 1.42 bits per heavy atom. The molecule has 1 aliphatic carbocycles. The van der Waals surface area contributed by atoms with Crippen LogP contribution in [0.5, 0.6) is 0 Å². The number of rotatable bonds is 4. The van der Waals surface area contributed by atoms with Gasteiger partial charge in [-0.3, -0.25) is 14.6 Å². The second-order valence-electron chi connectivity index (χ2n) is 4.84. The summed E-state index contributed by atoms with van der Waals surface area (Å²) in [5.74, 6) is -1.60. The van der Waals surface area contributed by atoms with E-state index < -0.39 is 11.9 Å². The molecule has 0 spiro atoms. The molecule has 1 aliphatic rings. The van der Waals surface area contributed by atoms with E-state index in [4.69, 9.17) is 10.8 Å². The maximum atomic E-state index is 11.0. The maximum Gasteiger partial charge on any atom is 0.306 e. The number of hydrogen-bond acceptors (Lipinski definition) is 4. The lowest BCUT2D eigenvalue weighted by atomic mass is 9.85. The highest BCUT2D eigenvalue weighted by Crippen LogP contribution is 2.26. The van der Waals surface area contributed by atoms with Crippen LogP contribution in [0.3, 0.4) is 0 Å². The number of carboxylic acids is 1. The third kappa shape index (κ3) is 3.43. The second kappa shape index (κ2) is 5.69. The molecule has 0 aromatic carbocycles. The zero-order chi connectivity index (χ0) is 13.8. The van der Waals surface area contributed by atoms with Crippen molar-refractivity contribution >= 4 is 17.6 Å². The number of amides is 1. The fourth-order valence-electron chi connectivity index (χ4n) is 2.44. The number of carbonyl (C=O) groups is 2. The predicted octanol–water partition coefficient (Wildman–Crippen LogP) is 1.24. The smallest absolute Gasteiger partial charge is 0.306 e. The second-order valence-corrected chi connectivity index (χ2v) is 4.84. The van der Waals surface area contributed by atoms with E-state index in [0.717, 1.165) is 24.9 Å². The summed E-state index contributed by atoms with van der Waals surface area (Å²) in [7, 11) is 0. The molecule has 0 radical (unpaired) electrons. The van der Waals surface area contributed by atoms with Crippen LogP contribution in [-0.2, 0) is 4.79 Å². The van der Waals surface area contributed by atoms with Gasteiger partial charge in [0, 0.05) is 17.9 Å². The van der Waals surface area contributed by atoms with Crippen LogP contribution in [0.25, 0.3) is 0 Å². The van der Waals surface area contributed by atoms with Gasteiger partial charge in [-0.1, -0.05) is 6.42 Å². The highest BCUT2D eigenvalue weighted by atomic mass is 16.4. The maximum absolute atomic E-state index is 11.0. The van der Waals surface area contributed by atoms with Crippen LogP contribution >= 0.6 is 0 Å². The Balaban J connectivity index is 2.02. The van der Waals surface area contributed by atoms with Crippen molar-refractivity contribution in [1.29, 1.82) is 0 Å². The summed E-state index contributed by atoms with van der Waals surface area (Å²) in [6.45, 7) is 0. The van der Waals surface area contributed by atoms with E-state index in [2.05, 4.69) is 10.3 Å². The SMILES string of the molecule is NC(=O)c1cc(NC2CCCC(C(=O)O)C2)ccn1. The molecule has 1 saturated carbocycles. The molecule has 19 heavy (non-hydrogen) atoms. The lowest BCUT2D eigenvalue weighted by Gasteiger charge is -2.28. The number of hydrogen-bond donors (Lipinski definition) is 3. The lowest BCUT2D eigenvalue weighted by Crippen LogP contribution is -2.31. The lowest BCUT2D eigenvalue weighted by molar-refractivity contribution is -0.142. The van der Waals surface area contributed by atoms with Crippen LogP contribution in [0.4, 0.5) is 5.69 Å². The van der Waals surface area contributed by atoms with Crippen molar-refractivity contribution in [2.24, 2.45) is 11.7 Å². The summed E-state index contributed by atoms with van der Waals surface area (Å²) in [5, 5.41) is 12.3. The molecule has 1 fully saturated rings. The average molecular weight is 263 g/mol. The molecular weight excluding hydrogens is 246 g/mol. The summed E-state index contributed by atoms with van der Waals surface area (Å²) in [6, 6.07) is 3.45. The first-order valence-electron chi connectivity index (χ1n) is 6.31. The first kappa shape index (κ1) is 13.3. The normalized spacial score (nSPS) is 22.7.